The van der Waals surface area contributed by atoms with Gasteiger partial charge in [0.2, 0.25) is 0 Å². The quantitative estimate of drug-likeness (QED) is 0.357. The van der Waals surface area contributed by atoms with Gasteiger partial charge < -0.3 is 0 Å². The lowest BCUT2D eigenvalue weighted by molar-refractivity contribution is 0.203. The molecular formula is C14H32N2. The second-order valence-corrected chi connectivity index (χ2v) is 6.08. The lowest BCUT2D eigenvalue weighted by atomic mass is 9.79. The summed E-state index contributed by atoms with van der Waals surface area (Å²) < 4.78 is 0. The van der Waals surface area contributed by atoms with Gasteiger partial charge in [-0.2, -0.15) is 0 Å². The zero-order valence-corrected chi connectivity index (χ0v) is 12.0. The van der Waals surface area contributed by atoms with E-state index in [0.717, 1.165) is 0 Å². The van der Waals surface area contributed by atoms with Gasteiger partial charge in [-0.15, -0.1) is 0 Å². The smallest absolute Gasteiger partial charge is 0.0326 e. The second-order valence-electron chi connectivity index (χ2n) is 6.08. The van der Waals surface area contributed by atoms with Gasteiger partial charge in [0.15, 0.2) is 0 Å². The predicted molar refractivity (Wildman–Crippen MR) is 73.1 cm³/mol. The zero-order valence-electron chi connectivity index (χ0n) is 12.0. The molecule has 0 aliphatic rings. The summed E-state index contributed by atoms with van der Waals surface area (Å²) in [4.78, 5) is 0. The van der Waals surface area contributed by atoms with Crippen molar-refractivity contribution < 1.29 is 0 Å². The molecule has 0 atom stereocenters. The third-order valence-electron chi connectivity index (χ3n) is 3.16. The van der Waals surface area contributed by atoms with E-state index < -0.39 is 0 Å². The fourth-order valence-electron chi connectivity index (χ4n) is 2.75. The van der Waals surface area contributed by atoms with E-state index >= 15 is 0 Å². The van der Waals surface area contributed by atoms with E-state index in [-0.39, 0.29) is 5.54 Å². The van der Waals surface area contributed by atoms with Crippen molar-refractivity contribution in [1.82, 2.24) is 5.43 Å². The number of unbranched alkanes of at least 4 members (excludes halogenated alkanes) is 2. The molecule has 0 fully saturated rings. The van der Waals surface area contributed by atoms with Crippen LogP contribution >= 0.6 is 0 Å². The minimum Gasteiger partial charge on any atom is -0.271 e. The van der Waals surface area contributed by atoms with E-state index in [2.05, 4.69) is 40.0 Å². The highest BCUT2D eigenvalue weighted by Gasteiger charge is 2.29. The summed E-state index contributed by atoms with van der Waals surface area (Å²) in [6, 6.07) is 0. The van der Waals surface area contributed by atoms with Crippen molar-refractivity contribution in [2.45, 2.75) is 78.7 Å². The van der Waals surface area contributed by atoms with Crippen LogP contribution in [-0.2, 0) is 0 Å². The Morgan fingerprint density at radius 3 is 1.81 bits per heavy atom. The van der Waals surface area contributed by atoms with E-state index in [1.54, 1.807) is 0 Å². The summed E-state index contributed by atoms with van der Waals surface area (Å²) in [5, 5.41) is 0. The number of hydrazine groups is 1. The molecule has 98 valence electrons. The van der Waals surface area contributed by atoms with Gasteiger partial charge in [0.1, 0.15) is 0 Å². The standard InChI is InChI=1S/C14H32N2/c1-6-7-8-9-14(16-15,10-12(2)3)11-13(4)5/h12-13,16H,6-11,15H2,1-5H3. The minimum absolute atomic E-state index is 0.164. The van der Waals surface area contributed by atoms with Gasteiger partial charge in [0.25, 0.3) is 0 Å². The van der Waals surface area contributed by atoms with Gasteiger partial charge in [-0.1, -0.05) is 53.9 Å². The van der Waals surface area contributed by atoms with E-state index in [1.165, 1.54) is 38.5 Å². The highest BCUT2D eigenvalue weighted by molar-refractivity contribution is 4.87. The van der Waals surface area contributed by atoms with Gasteiger partial charge in [0.05, 0.1) is 0 Å². The molecule has 0 aromatic rings. The molecule has 0 bridgehead atoms. The highest BCUT2D eigenvalue weighted by Crippen LogP contribution is 2.29. The van der Waals surface area contributed by atoms with Crippen LogP contribution in [0.5, 0.6) is 0 Å². The van der Waals surface area contributed by atoms with Crippen LogP contribution in [0, 0.1) is 11.8 Å². The Hall–Kier alpha value is -0.0800. The highest BCUT2D eigenvalue weighted by atomic mass is 15.3. The van der Waals surface area contributed by atoms with Gasteiger partial charge in [-0.25, -0.2) is 0 Å². The average Bonchev–Trinajstić information content (AvgIpc) is 2.16. The van der Waals surface area contributed by atoms with Crippen molar-refractivity contribution in [2.75, 3.05) is 0 Å². The number of hydrogen-bond acceptors (Lipinski definition) is 2. The molecule has 0 amide bonds. The lowest BCUT2D eigenvalue weighted by Gasteiger charge is -2.36. The summed E-state index contributed by atoms with van der Waals surface area (Å²) in [5.74, 6) is 7.25. The van der Waals surface area contributed by atoms with Crippen LogP contribution < -0.4 is 11.3 Å². The first-order valence-corrected chi connectivity index (χ1v) is 6.93. The Morgan fingerprint density at radius 2 is 1.50 bits per heavy atom. The van der Waals surface area contributed by atoms with Crippen LogP contribution in [0.3, 0.4) is 0 Å². The molecule has 0 saturated heterocycles. The molecule has 0 unspecified atom stereocenters. The van der Waals surface area contributed by atoms with Gasteiger partial charge in [-0.3, -0.25) is 11.3 Å². The summed E-state index contributed by atoms with van der Waals surface area (Å²) in [5.41, 5.74) is 3.30. The fraction of sp³-hybridized carbons (Fsp3) is 1.00. The number of rotatable bonds is 9. The van der Waals surface area contributed by atoms with Crippen molar-refractivity contribution in [3.8, 4) is 0 Å². The SMILES string of the molecule is CCCCCC(CC(C)C)(CC(C)C)NN. The molecular weight excluding hydrogens is 196 g/mol. The van der Waals surface area contributed by atoms with Crippen LogP contribution in [-0.4, -0.2) is 5.54 Å². The Bertz CT molecular complexity index is 154. The number of nitrogens with two attached hydrogens (primary N) is 1. The second kappa shape index (κ2) is 8.08. The molecule has 16 heavy (non-hydrogen) atoms. The van der Waals surface area contributed by atoms with Crippen molar-refractivity contribution in [2.24, 2.45) is 17.7 Å². The Balaban J connectivity index is 4.40. The van der Waals surface area contributed by atoms with Crippen LogP contribution in [0.2, 0.25) is 0 Å². The van der Waals surface area contributed by atoms with Gasteiger partial charge in [0, 0.05) is 5.54 Å². The maximum absolute atomic E-state index is 5.84. The van der Waals surface area contributed by atoms with Crippen LogP contribution in [0.1, 0.15) is 73.1 Å². The first-order valence-electron chi connectivity index (χ1n) is 6.93. The third kappa shape index (κ3) is 6.49. The summed E-state index contributed by atoms with van der Waals surface area (Å²) in [6.45, 7) is 11.4. The third-order valence-corrected chi connectivity index (χ3v) is 3.16. The van der Waals surface area contributed by atoms with Crippen LogP contribution in [0.15, 0.2) is 0 Å². The average molecular weight is 228 g/mol. The molecule has 0 rings (SSSR count). The number of nitrogens with one attached hydrogen (secondary N) is 1. The molecule has 0 heterocycles. The predicted octanol–water partition coefficient (Wildman–Crippen LogP) is 3.86. The molecule has 2 nitrogen and oxygen atoms in total. The van der Waals surface area contributed by atoms with Gasteiger partial charge in [-0.05, 0) is 31.1 Å². The van der Waals surface area contributed by atoms with Gasteiger partial charge >= 0.3 is 0 Å². The Labute approximate surface area is 102 Å². The molecule has 0 aromatic carbocycles. The monoisotopic (exact) mass is 228 g/mol. The first-order chi connectivity index (χ1) is 7.45. The van der Waals surface area contributed by atoms with Crippen molar-refractivity contribution >= 4 is 0 Å². The van der Waals surface area contributed by atoms with E-state index in [9.17, 15) is 0 Å². The van der Waals surface area contributed by atoms with Crippen molar-refractivity contribution in [3.05, 3.63) is 0 Å². The molecule has 0 aromatic heterocycles. The molecule has 0 saturated carbocycles. The van der Waals surface area contributed by atoms with Crippen LogP contribution in [0.4, 0.5) is 0 Å². The topological polar surface area (TPSA) is 38.0 Å². The minimum atomic E-state index is 0.164. The van der Waals surface area contributed by atoms with Crippen molar-refractivity contribution in [1.29, 1.82) is 0 Å². The maximum atomic E-state index is 5.84. The summed E-state index contributed by atoms with van der Waals surface area (Å²) in [6.07, 6.45) is 7.48. The fourth-order valence-corrected chi connectivity index (χ4v) is 2.75. The van der Waals surface area contributed by atoms with Crippen LogP contribution in [0.25, 0.3) is 0 Å². The summed E-state index contributed by atoms with van der Waals surface area (Å²) in [7, 11) is 0. The van der Waals surface area contributed by atoms with Crippen molar-refractivity contribution in [3.63, 3.8) is 0 Å². The molecule has 0 aliphatic heterocycles. The van der Waals surface area contributed by atoms with E-state index in [0.29, 0.717) is 11.8 Å². The lowest BCUT2D eigenvalue weighted by Crippen LogP contribution is -2.51. The molecule has 3 N–H and O–H groups in total. The first kappa shape index (κ1) is 15.9. The molecule has 2 heteroatoms. The maximum Gasteiger partial charge on any atom is 0.0326 e. The Morgan fingerprint density at radius 1 is 1.00 bits per heavy atom. The van der Waals surface area contributed by atoms with E-state index in [4.69, 9.17) is 5.84 Å². The largest absolute Gasteiger partial charge is 0.271 e. The molecule has 0 spiro atoms. The summed E-state index contributed by atoms with van der Waals surface area (Å²) >= 11 is 0. The normalized spacial score (nSPS) is 12.8. The molecule has 0 radical (unpaired) electrons. The Kier molecular flexibility index (Phi) is 8.04. The zero-order chi connectivity index (χ0) is 12.6. The number of hydrogen-bond donors (Lipinski definition) is 2. The van der Waals surface area contributed by atoms with E-state index in [1.807, 2.05) is 0 Å². The molecule has 0 aliphatic carbocycles.